The van der Waals surface area contributed by atoms with E-state index in [9.17, 15) is 9.59 Å². The van der Waals surface area contributed by atoms with Gasteiger partial charge in [0.2, 0.25) is 5.91 Å². The lowest BCUT2D eigenvalue weighted by Gasteiger charge is -2.13. The van der Waals surface area contributed by atoms with Crippen molar-refractivity contribution >= 4 is 12.0 Å². The number of cyclic esters (lactones) is 1. The summed E-state index contributed by atoms with van der Waals surface area (Å²) in [5, 5.41) is 2.77. The molecule has 0 spiro atoms. The number of nitrogens with one attached hydrogen (secondary N) is 1. The summed E-state index contributed by atoms with van der Waals surface area (Å²) in [6.07, 6.45) is 0.248. The number of hydrogen-bond donors (Lipinski definition) is 1. The summed E-state index contributed by atoms with van der Waals surface area (Å²) < 4.78 is 4.76. The van der Waals surface area contributed by atoms with Crippen molar-refractivity contribution in [3.05, 3.63) is 0 Å². The van der Waals surface area contributed by atoms with E-state index in [0.29, 0.717) is 38.6 Å². The fraction of sp³-hybridized carbons (Fsp3) is 0.800. The van der Waals surface area contributed by atoms with E-state index < -0.39 is 0 Å². The summed E-state index contributed by atoms with van der Waals surface area (Å²) in [7, 11) is 0. The van der Waals surface area contributed by atoms with Crippen LogP contribution in [0.3, 0.4) is 0 Å². The molecular formula is C10H18N2O3. The van der Waals surface area contributed by atoms with E-state index >= 15 is 0 Å². The van der Waals surface area contributed by atoms with Crippen LogP contribution in [0.4, 0.5) is 4.79 Å². The van der Waals surface area contributed by atoms with Crippen LogP contribution in [-0.4, -0.2) is 43.1 Å². The van der Waals surface area contributed by atoms with Crippen molar-refractivity contribution in [1.82, 2.24) is 10.2 Å². The molecule has 0 bridgehead atoms. The van der Waals surface area contributed by atoms with Crippen LogP contribution >= 0.6 is 0 Å². The molecule has 1 heterocycles. The number of amides is 2. The van der Waals surface area contributed by atoms with Gasteiger partial charge in [0.1, 0.15) is 6.61 Å². The average molecular weight is 214 g/mol. The SMILES string of the molecule is CC(C)CC(=O)NCCN1CCOC1=O. The second kappa shape index (κ2) is 5.58. The Hall–Kier alpha value is -1.26. The number of carbonyl (C=O) groups is 2. The van der Waals surface area contributed by atoms with E-state index in [-0.39, 0.29) is 12.0 Å². The highest BCUT2D eigenvalue weighted by molar-refractivity contribution is 5.76. The molecule has 0 atom stereocenters. The first-order valence-corrected chi connectivity index (χ1v) is 5.28. The number of carbonyl (C=O) groups excluding carboxylic acids is 2. The minimum absolute atomic E-state index is 0.0394. The zero-order valence-corrected chi connectivity index (χ0v) is 9.28. The van der Waals surface area contributed by atoms with Crippen LogP contribution in [0.1, 0.15) is 20.3 Å². The van der Waals surface area contributed by atoms with E-state index in [1.54, 1.807) is 4.90 Å². The van der Waals surface area contributed by atoms with Crippen LogP contribution in [0.25, 0.3) is 0 Å². The van der Waals surface area contributed by atoms with Crippen molar-refractivity contribution < 1.29 is 14.3 Å². The van der Waals surface area contributed by atoms with Gasteiger partial charge >= 0.3 is 6.09 Å². The molecule has 0 saturated carbocycles. The predicted octanol–water partition coefficient (Wildman–Crippen LogP) is 0.601. The Labute approximate surface area is 89.8 Å². The van der Waals surface area contributed by atoms with Gasteiger partial charge in [-0.05, 0) is 5.92 Å². The van der Waals surface area contributed by atoms with Crippen molar-refractivity contribution in [2.75, 3.05) is 26.2 Å². The normalized spacial score (nSPS) is 15.7. The Kier molecular flexibility index (Phi) is 4.39. The highest BCUT2D eigenvalue weighted by Gasteiger charge is 2.21. The minimum atomic E-state index is -0.284. The van der Waals surface area contributed by atoms with Crippen molar-refractivity contribution in [1.29, 1.82) is 0 Å². The lowest BCUT2D eigenvalue weighted by molar-refractivity contribution is -0.121. The molecule has 5 nitrogen and oxygen atoms in total. The predicted molar refractivity (Wildman–Crippen MR) is 55.4 cm³/mol. The Morgan fingerprint density at radius 2 is 2.33 bits per heavy atom. The topological polar surface area (TPSA) is 58.6 Å². The maximum absolute atomic E-state index is 11.3. The molecule has 1 aliphatic rings. The standard InChI is InChI=1S/C10H18N2O3/c1-8(2)7-9(13)11-3-4-12-5-6-15-10(12)14/h8H,3-7H2,1-2H3,(H,11,13). The Morgan fingerprint density at radius 3 is 2.87 bits per heavy atom. The molecule has 86 valence electrons. The van der Waals surface area contributed by atoms with Gasteiger partial charge in [0, 0.05) is 19.5 Å². The molecule has 5 heteroatoms. The fourth-order valence-electron chi connectivity index (χ4n) is 1.40. The van der Waals surface area contributed by atoms with Gasteiger partial charge in [-0.15, -0.1) is 0 Å². The highest BCUT2D eigenvalue weighted by atomic mass is 16.6. The Bertz CT molecular complexity index is 241. The Balaban J connectivity index is 2.10. The molecule has 1 aliphatic heterocycles. The van der Waals surface area contributed by atoms with E-state index in [2.05, 4.69) is 5.32 Å². The second-order valence-corrected chi connectivity index (χ2v) is 4.05. The maximum atomic E-state index is 11.3. The van der Waals surface area contributed by atoms with Gasteiger partial charge in [-0.3, -0.25) is 4.79 Å². The zero-order chi connectivity index (χ0) is 11.3. The van der Waals surface area contributed by atoms with Crippen molar-refractivity contribution in [2.45, 2.75) is 20.3 Å². The third-order valence-corrected chi connectivity index (χ3v) is 2.14. The summed E-state index contributed by atoms with van der Waals surface area (Å²) in [4.78, 5) is 23.9. The van der Waals surface area contributed by atoms with E-state index in [0.717, 1.165) is 0 Å². The first kappa shape index (κ1) is 11.8. The lowest BCUT2D eigenvalue weighted by Crippen LogP contribution is -2.35. The van der Waals surface area contributed by atoms with Gasteiger partial charge in [0.25, 0.3) is 0 Å². The molecule has 0 unspecified atom stereocenters. The number of nitrogens with zero attached hydrogens (tertiary/aromatic N) is 1. The third kappa shape index (κ3) is 4.18. The van der Waals surface area contributed by atoms with Crippen LogP contribution in [0.2, 0.25) is 0 Å². The number of rotatable bonds is 5. The highest BCUT2D eigenvalue weighted by Crippen LogP contribution is 2.01. The van der Waals surface area contributed by atoms with Crippen LogP contribution in [0.15, 0.2) is 0 Å². The van der Waals surface area contributed by atoms with Crippen LogP contribution < -0.4 is 5.32 Å². The number of hydrogen-bond acceptors (Lipinski definition) is 3. The summed E-state index contributed by atoms with van der Waals surface area (Å²) >= 11 is 0. The van der Waals surface area contributed by atoms with Crippen molar-refractivity contribution in [3.63, 3.8) is 0 Å². The maximum Gasteiger partial charge on any atom is 0.409 e. The fourth-order valence-corrected chi connectivity index (χ4v) is 1.40. The number of ether oxygens (including phenoxy) is 1. The molecule has 1 N–H and O–H groups in total. The van der Waals surface area contributed by atoms with Gasteiger partial charge in [0.15, 0.2) is 0 Å². The average Bonchev–Trinajstić information content (AvgIpc) is 2.50. The summed E-state index contributed by atoms with van der Waals surface area (Å²) in [5.74, 6) is 0.402. The smallest absolute Gasteiger partial charge is 0.409 e. The molecule has 0 aliphatic carbocycles. The largest absolute Gasteiger partial charge is 0.448 e. The third-order valence-electron chi connectivity index (χ3n) is 2.14. The molecule has 0 aromatic carbocycles. The van der Waals surface area contributed by atoms with Crippen LogP contribution in [-0.2, 0) is 9.53 Å². The molecule has 15 heavy (non-hydrogen) atoms. The molecule has 0 aromatic rings. The molecular weight excluding hydrogens is 196 g/mol. The van der Waals surface area contributed by atoms with E-state index in [4.69, 9.17) is 4.74 Å². The first-order valence-electron chi connectivity index (χ1n) is 5.28. The molecule has 1 fully saturated rings. The summed E-state index contributed by atoms with van der Waals surface area (Å²) in [6.45, 7) is 6.11. The van der Waals surface area contributed by atoms with Crippen molar-refractivity contribution in [2.24, 2.45) is 5.92 Å². The molecule has 1 saturated heterocycles. The van der Waals surface area contributed by atoms with Crippen LogP contribution in [0.5, 0.6) is 0 Å². The monoisotopic (exact) mass is 214 g/mol. The zero-order valence-electron chi connectivity index (χ0n) is 9.28. The molecule has 0 aromatic heterocycles. The molecule has 0 radical (unpaired) electrons. The summed E-state index contributed by atoms with van der Waals surface area (Å²) in [6, 6.07) is 0. The van der Waals surface area contributed by atoms with Gasteiger partial charge in [-0.1, -0.05) is 13.8 Å². The Morgan fingerprint density at radius 1 is 1.60 bits per heavy atom. The lowest BCUT2D eigenvalue weighted by atomic mass is 10.1. The summed E-state index contributed by atoms with van der Waals surface area (Å²) in [5.41, 5.74) is 0. The van der Waals surface area contributed by atoms with Crippen LogP contribution in [0, 0.1) is 5.92 Å². The quantitative estimate of drug-likeness (QED) is 0.729. The first-order chi connectivity index (χ1) is 7.09. The minimum Gasteiger partial charge on any atom is -0.448 e. The van der Waals surface area contributed by atoms with E-state index in [1.807, 2.05) is 13.8 Å². The van der Waals surface area contributed by atoms with Crippen molar-refractivity contribution in [3.8, 4) is 0 Å². The van der Waals surface area contributed by atoms with Gasteiger partial charge in [0.05, 0.1) is 6.54 Å². The van der Waals surface area contributed by atoms with Gasteiger partial charge < -0.3 is 15.0 Å². The van der Waals surface area contributed by atoms with E-state index in [1.165, 1.54) is 0 Å². The second-order valence-electron chi connectivity index (χ2n) is 4.05. The van der Waals surface area contributed by atoms with Gasteiger partial charge in [-0.25, -0.2) is 4.79 Å². The van der Waals surface area contributed by atoms with Gasteiger partial charge in [-0.2, -0.15) is 0 Å². The molecule has 2 amide bonds. The molecule has 1 rings (SSSR count).